The highest BCUT2D eigenvalue weighted by Gasteiger charge is 2.25. The van der Waals surface area contributed by atoms with E-state index in [1.54, 1.807) is 42.3 Å². The molecule has 0 atom stereocenters. The first-order chi connectivity index (χ1) is 14.6. The first kappa shape index (κ1) is 20.3. The molecular formula is C22H28N4O4. The van der Waals surface area contributed by atoms with E-state index in [2.05, 4.69) is 15.3 Å². The molecule has 8 nitrogen and oxygen atoms in total. The SMILES string of the molecule is COc1cccc(C(=O)NC2CCN(c3cnn(CC4CC4)c(=O)c3)CC2)c1OC. The molecule has 0 unspecified atom stereocenters. The van der Waals surface area contributed by atoms with Crippen molar-refractivity contribution in [2.45, 2.75) is 38.3 Å². The number of carbonyl (C=O) groups excluding carboxylic acids is 1. The van der Waals surface area contributed by atoms with Crippen LogP contribution in [0.1, 0.15) is 36.0 Å². The van der Waals surface area contributed by atoms with Gasteiger partial charge in [0.05, 0.1) is 31.7 Å². The molecule has 1 aromatic carbocycles. The van der Waals surface area contributed by atoms with Gasteiger partial charge in [-0.1, -0.05) is 6.07 Å². The Morgan fingerprint density at radius 1 is 1.17 bits per heavy atom. The normalized spacial score (nSPS) is 16.9. The number of anilines is 1. The van der Waals surface area contributed by atoms with E-state index in [4.69, 9.17) is 9.47 Å². The molecule has 2 fully saturated rings. The van der Waals surface area contributed by atoms with Crippen LogP contribution < -0.4 is 25.2 Å². The third kappa shape index (κ3) is 4.42. The molecule has 4 rings (SSSR count). The molecule has 1 saturated carbocycles. The Kier molecular flexibility index (Phi) is 5.92. The van der Waals surface area contributed by atoms with Gasteiger partial charge in [-0.2, -0.15) is 5.10 Å². The molecule has 0 bridgehead atoms. The number of carbonyl (C=O) groups is 1. The molecule has 8 heteroatoms. The largest absolute Gasteiger partial charge is 0.493 e. The van der Waals surface area contributed by atoms with Gasteiger partial charge in [0.2, 0.25) is 0 Å². The Bertz CT molecular complexity index is 962. The first-order valence-electron chi connectivity index (χ1n) is 10.4. The van der Waals surface area contributed by atoms with Crippen LogP contribution in [0, 0.1) is 5.92 Å². The number of aromatic nitrogens is 2. The van der Waals surface area contributed by atoms with E-state index in [9.17, 15) is 9.59 Å². The fraction of sp³-hybridized carbons (Fsp3) is 0.500. The lowest BCUT2D eigenvalue weighted by molar-refractivity contribution is 0.0927. The minimum atomic E-state index is -0.173. The summed E-state index contributed by atoms with van der Waals surface area (Å²) >= 11 is 0. The maximum absolute atomic E-state index is 12.8. The minimum Gasteiger partial charge on any atom is -0.493 e. The summed E-state index contributed by atoms with van der Waals surface area (Å²) in [5.74, 6) is 1.41. The van der Waals surface area contributed by atoms with Crippen molar-refractivity contribution in [3.63, 3.8) is 0 Å². The molecule has 2 heterocycles. The molecule has 1 aliphatic carbocycles. The molecule has 30 heavy (non-hydrogen) atoms. The second kappa shape index (κ2) is 8.77. The number of ether oxygens (including phenoxy) is 2. The van der Waals surface area contributed by atoms with Gasteiger partial charge in [0.25, 0.3) is 11.5 Å². The lowest BCUT2D eigenvalue weighted by Gasteiger charge is -2.33. The summed E-state index contributed by atoms with van der Waals surface area (Å²) in [5.41, 5.74) is 1.27. The Morgan fingerprint density at radius 3 is 2.57 bits per heavy atom. The smallest absolute Gasteiger partial charge is 0.268 e. The Balaban J connectivity index is 1.35. The van der Waals surface area contributed by atoms with Crippen LogP contribution in [0.25, 0.3) is 0 Å². The van der Waals surface area contributed by atoms with E-state index in [0.717, 1.165) is 38.2 Å². The average Bonchev–Trinajstić information content (AvgIpc) is 3.59. The maximum atomic E-state index is 12.8. The highest BCUT2D eigenvalue weighted by atomic mass is 16.5. The molecule has 0 spiro atoms. The van der Waals surface area contributed by atoms with Gasteiger partial charge in [-0.05, 0) is 43.7 Å². The summed E-state index contributed by atoms with van der Waals surface area (Å²) in [6.45, 7) is 2.24. The number of nitrogens with one attached hydrogen (secondary N) is 1. The lowest BCUT2D eigenvalue weighted by atomic mass is 10.0. The fourth-order valence-electron chi connectivity index (χ4n) is 3.89. The Labute approximate surface area is 175 Å². The van der Waals surface area contributed by atoms with Crippen LogP contribution in [-0.2, 0) is 6.54 Å². The Hall–Kier alpha value is -3.03. The molecule has 0 radical (unpaired) electrons. The zero-order chi connectivity index (χ0) is 21.1. The van der Waals surface area contributed by atoms with E-state index in [-0.39, 0.29) is 17.5 Å². The Morgan fingerprint density at radius 2 is 1.93 bits per heavy atom. The lowest BCUT2D eigenvalue weighted by Crippen LogP contribution is -2.45. The van der Waals surface area contributed by atoms with Gasteiger partial charge in [-0.25, -0.2) is 4.68 Å². The summed E-state index contributed by atoms with van der Waals surface area (Å²) in [5, 5.41) is 7.44. The number of rotatable bonds is 7. The number of hydrogen-bond acceptors (Lipinski definition) is 6. The third-order valence-electron chi connectivity index (χ3n) is 5.83. The van der Waals surface area contributed by atoms with Gasteiger partial charge in [-0.15, -0.1) is 0 Å². The number of amides is 1. The van der Waals surface area contributed by atoms with Crippen molar-refractivity contribution in [2.75, 3.05) is 32.2 Å². The van der Waals surface area contributed by atoms with E-state index in [0.29, 0.717) is 23.0 Å². The molecule has 160 valence electrons. The van der Waals surface area contributed by atoms with Gasteiger partial charge >= 0.3 is 0 Å². The summed E-state index contributed by atoms with van der Waals surface area (Å²) in [4.78, 5) is 27.3. The molecule has 2 aliphatic rings. The number of piperidine rings is 1. The summed E-state index contributed by atoms with van der Waals surface area (Å²) in [6, 6.07) is 7.01. The van der Waals surface area contributed by atoms with Crippen LogP contribution in [0.3, 0.4) is 0 Å². The van der Waals surface area contributed by atoms with E-state index in [1.165, 1.54) is 20.0 Å². The van der Waals surface area contributed by atoms with Gasteiger partial charge in [0.1, 0.15) is 0 Å². The van der Waals surface area contributed by atoms with Gasteiger partial charge < -0.3 is 19.7 Å². The molecule has 2 aromatic rings. The summed E-state index contributed by atoms with van der Waals surface area (Å²) in [6.07, 6.45) is 5.75. The second-order valence-corrected chi connectivity index (χ2v) is 7.95. The highest BCUT2D eigenvalue weighted by Crippen LogP contribution is 2.31. The minimum absolute atomic E-state index is 0.0417. The third-order valence-corrected chi connectivity index (χ3v) is 5.83. The standard InChI is InChI=1S/C22H28N4O4/c1-29-19-5-3-4-18(21(19)30-2)22(28)24-16-8-10-25(11-9-16)17-12-20(27)26(23-13-17)14-15-6-7-15/h3-5,12-13,15-16H,6-11,14H2,1-2H3,(H,24,28). The van der Waals surface area contributed by atoms with Crippen LogP contribution in [0.15, 0.2) is 35.3 Å². The van der Waals surface area contributed by atoms with Gasteiger partial charge in [0.15, 0.2) is 11.5 Å². The number of para-hydroxylation sites is 1. The number of methoxy groups -OCH3 is 2. The van der Waals surface area contributed by atoms with Crippen molar-refractivity contribution in [1.82, 2.24) is 15.1 Å². The van der Waals surface area contributed by atoms with Crippen molar-refractivity contribution in [1.29, 1.82) is 0 Å². The zero-order valence-electron chi connectivity index (χ0n) is 17.5. The van der Waals surface area contributed by atoms with Crippen LogP contribution in [-0.4, -0.2) is 49.0 Å². The van der Waals surface area contributed by atoms with E-state index >= 15 is 0 Å². The van der Waals surface area contributed by atoms with Crippen molar-refractivity contribution in [3.05, 3.63) is 46.4 Å². The predicted molar refractivity (Wildman–Crippen MR) is 113 cm³/mol. The molecule has 1 N–H and O–H groups in total. The average molecular weight is 412 g/mol. The van der Waals surface area contributed by atoms with E-state index < -0.39 is 0 Å². The predicted octanol–water partition coefficient (Wildman–Crippen LogP) is 2.07. The molecule has 1 aliphatic heterocycles. The number of hydrogen-bond donors (Lipinski definition) is 1. The van der Waals surface area contributed by atoms with Crippen LogP contribution in [0.4, 0.5) is 5.69 Å². The van der Waals surface area contributed by atoms with E-state index in [1.807, 2.05) is 0 Å². The van der Waals surface area contributed by atoms with Crippen LogP contribution in [0.5, 0.6) is 11.5 Å². The van der Waals surface area contributed by atoms with Crippen molar-refractivity contribution < 1.29 is 14.3 Å². The molecule has 1 saturated heterocycles. The van der Waals surface area contributed by atoms with Crippen molar-refractivity contribution in [2.24, 2.45) is 5.92 Å². The van der Waals surface area contributed by atoms with Crippen molar-refractivity contribution >= 4 is 11.6 Å². The fourth-order valence-corrected chi connectivity index (χ4v) is 3.89. The van der Waals surface area contributed by atoms with Gasteiger partial charge in [-0.3, -0.25) is 9.59 Å². The topological polar surface area (TPSA) is 85.7 Å². The molecule has 1 amide bonds. The molecule has 1 aromatic heterocycles. The monoisotopic (exact) mass is 412 g/mol. The first-order valence-corrected chi connectivity index (χ1v) is 10.4. The quantitative estimate of drug-likeness (QED) is 0.749. The molecular weight excluding hydrogens is 384 g/mol. The number of nitrogens with zero attached hydrogens (tertiary/aromatic N) is 3. The second-order valence-electron chi connectivity index (χ2n) is 7.95. The zero-order valence-corrected chi connectivity index (χ0v) is 17.5. The van der Waals surface area contributed by atoms with Crippen LogP contribution in [0.2, 0.25) is 0 Å². The summed E-state index contributed by atoms with van der Waals surface area (Å²) < 4.78 is 12.2. The van der Waals surface area contributed by atoms with Crippen LogP contribution >= 0.6 is 0 Å². The number of benzene rings is 1. The summed E-state index contributed by atoms with van der Waals surface area (Å²) in [7, 11) is 3.08. The van der Waals surface area contributed by atoms with Crippen molar-refractivity contribution in [3.8, 4) is 11.5 Å². The highest BCUT2D eigenvalue weighted by molar-refractivity contribution is 5.98. The maximum Gasteiger partial charge on any atom is 0.268 e. The van der Waals surface area contributed by atoms with Gasteiger partial charge in [0, 0.05) is 31.7 Å².